The maximum atomic E-state index is 11.7. The third kappa shape index (κ3) is 2.83. The molecule has 0 saturated heterocycles. The Kier molecular flexibility index (Phi) is 3.52. The van der Waals surface area contributed by atoms with E-state index in [1.54, 1.807) is 24.3 Å². The van der Waals surface area contributed by atoms with Gasteiger partial charge in [-0.2, -0.15) is 12.6 Å². The molecule has 0 radical (unpaired) electrons. The highest BCUT2D eigenvalue weighted by Crippen LogP contribution is 2.18. The van der Waals surface area contributed by atoms with E-state index in [0.717, 1.165) is 0 Å². The van der Waals surface area contributed by atoms with E-state index < -0.39 is 10.7 Å². The molecule has 1 atom stereocenters. The lowest BCUT2D eigenvalue weighted by atomic mass is 10.1. The van der Waals surface area contributed by atoms with Crippen molar-refractivity contribution in [1.29, 1.82) is 0 Å². The number of para-hydroxylation sites is 1. The molecule has 4 heteroatoms. The van der Waals surface area contributed by atoms with Gasteiger partial charge in [-0.15, -0.1) is 0 Å². The van der Waals surface area contributed by atoms with Crippen molar-refractivity contribution >= 4 is 30.0 Å². The Labute approximate surface area is 94.3 Å². The summed E-state index contributed by atoms with van der Waals surface area (Å²) in [7, 11) is 0. The number of ketones is 1. The van der Waals surface area contributed by atoms with Gasteiger partial charge in [-0.25, -0.2) is 0 Å². The Balaban J connectivity index is 2.77. The molecule has 0 aliphatic rings. The second-order valence-electron chi connectivity index (χ2n) is 3.45. The van der Waals surface area contributed by atoms with Gasteiger partial charge in [0.25, 0.3) is 0 Å². The van der Waals surface area contributed by atoms with Crippen LogP contribution < -0.4 is 5.32 Å². The first kappa shape index (κ1) is 11.8. The zero-order valence-corrected chi connectivity index (χ0v) is 9.54. The lowest BCUT2D eigenvalue weighted by molar-refractivity contribution is -0.127. The molecule has 1 unspecified atom stereocenters. The van der Waals surface area contributed by atoms with Gasteiger partial charge in [-0.1, -0.05) is 18.2 Å². The Hall–Kier alpha value is -1.29. The first-order valence-corrected chi connectivity index (χ1v) is 4.99. The standard InChI is InChI=1S/C11H13NO2S/c1-8(13)11(2,15)10(14)12-9-6-4-3-5-7-9/h3-7,15H,1-2H3,(H,12,14). The summed E-state index contributed by atoms with van der Waals surface area (Å²) in [4.78, 5) is 22.8. The Morgan fingerprint density at radius 3 is 2.27 bits per heavy atom. The second kappa shape index (κ2) is 4.49. The fourth-order valence-corrected chi connectivity index (χ4v) is 0.990. The summed E-state index contributed by atoms with van der Waals surface area (Å²) in [6, 6.07) is 8.96. The molecule has 0 aromatic heterocycles. The van der Waals surface area contributed by atoms with Gasteiger partial charge in [-0.05, 0) is 26.0 Å². The molecule has 0 heterocycles. The first-order chi connectivity index (χ1) is 6.94. The predicted molar refractivity (Wildman–Crippen MR) is 63.1 cm³/mol. The van der Waals surface area contributed by atoms with Crippen molar-refractivity contribution < 1.29 is 9.59 Å². The quantitative estimate of drug-likeness (QED) is 0.607. The van der Waals surface area contributed by atoms with Crippen molar-refractivity contribution in [2.75, 3.05) is 5.32 Å². The number of rotatable bonds is 3. The van der Waals surface area contributed by atoms with Crippen LogP contribution in [-0.2, 0) is 9.59 Å². The summed E-state index contributed by atoms with van der Waals surface area (Å²) in [5, 5.41) is 2.63. The number of Topliss-reactive ketones (excluding diaryl/α,β-unsaturated/α-hetero) is 1. The van der Waals surface area contributed by atoms with Crippen molar-refractivity contribution in [3.8, 4) is 0 Å². The number of carbonyl (C=O) groups is 2. The molecule has 1 rings (SSSR count). The van der Waals surface area contributed by atoms with Gasteiger partial charge in [0, 0.05) is 5.69 Å². The lowest BCUT2D eigenvalue weighted by Gasteiger charge is -2.19. The smallest absolute Gasteiger partial charge is 0.247 e. The maximum absolute atomic E-state index is 11.7. The summed E-state index contributed by atoms with van der Waals surface area (Å²) in [5.41, 5.74) is 0.657. The number of benzene rings is 1. The minimum atomic E-state index is -1.28. The minimum Gasteiger partial charge on any atom is -0.325 e. The highest BCUT2D eigenvalue weighted by molar-refractivity contribution is 7.83. The number of hydrogen-bond acceptors (Lipinski definition) is 3. The van der Waals surface area contributed by atoms with Gasteiger partial charge in [0.2, 0.25) is 5.91 Å². The van der Waals surface area contributed by atoms with Crippen LogP contribution in [0.2, 0.25) is 0 Å². The summed E-state index contributed by atoms with van der Waals surface area (Å²) < 4.78 is -1.28. The summed E-state index contributed by atoms with van der Waals surface area (Å²) in [6.45, 7) is 2.83. The molecule has 0 saturated carbocycles. The summed E-state index contributed by atoms with van der Waals surface area (Å²) >= 11 is 4.05. The van der Waals surface area contributed by atoms with Crippen LogP contribution in [0.4, 0.5) is 5.69 Å². The fraction of sp³-hybridized carbons (Fsp3) is 0.273. The number of nitrogens with one attached hydrogen (secondary N) is 1. The minimum absolute atomic E-state index is 0.278. The first-order valence-electron chi connectivity index (χ1n) is 4.54. The van der Waals surface area contributed by atoms with Crippen molar-refractivity contribution in [1.82, 2.24) is 0 Å². The van der Waals surface area contributed by atoms with Crippen LogP contribution >= 0.6 is 12.6 Å². The van der Waals surface area contributed by atoms with Gasteiger partial charge in [0.15, 0.2) is 5.78 Å². The molecule has 0 spiro atoms. The second-order valence-corrected chi connectivity index (χ2v) is 4.34. The van der Waals surface area contributed by atoms with E-state index in [-0.39, 0.29) is 5.78 Å². The van der Waals surface area contributed by atoms with Crippen LogP contribution in [0.1, 0.15) is 13.8 Å². The van der Waals surface area contributed by atoms with E-state index in [2.05, 4.69) is 17.9 Å². The molecule has 0 aliphatic carbocycles. The zero-order valence-electron chi connectivity index (χ0n) is 8.65. The van der Waals surface area contributed by atoms with Crippen molar-refractivity contribution in [2.45, 2.75) is 18.6 Å². The SMILES string of the molecule is CC(=O)C(C)(S)C(=O)Nc1ccccc1. The van der Waals surface area contributed by atoms with Gasteiger partial charge in [-0.3, -0.25) is 9.59 Å². The van der Waals surface area contributed by atoms with Crippen LogP contribution in [0.5, 0.6) is 0 Å². The lowest BCUT2D eigenvalue weighted by Crippen LogP contribution is -2.41. The molecule has 1 N–H and O–H groups in total. The molecule has 15 heavy (non-hydrogen) atoms. The number of thiol groups is 1. The third-order valence-electron chi connectivity index (χ3n) is 2.16. The highest BCUT2D eigenvalue weighted by Gasteiger charge is 2.33. The van der Waals surface area contributed by atoms with E-state index in [9.17, 15) is 9.59 Å². The van der Waals surface area contributed by atoms with Crippen LogP contribution in [0.25, 0.3) is 0 Å². The van der Waals surface area contributed by atoms with Gasteiger partial charge in [0.05, 0.1) is 0 Å². The molecular formula is C11H13NO2S. The van der Waals surface area contributed by atoms with Gasteiger partial charge >= 0.3 is 0 Å². The van der Waals surface area contributed by atoms with Crippen LogP contribution in [0.3, 0.4) is 0 Å². The topological polar surface area (TPSA) is 46.2 Å². The van der Waals surface area contributed by atoms with Crippen LogP contribution in [0, 0.1) is 0 Å². The summed E-state index contributed by atoms with van der Waals surface area (Å²) in [5.74, 6) is -0.691. The van der Waals surface area contributed by atoms with Crippen molar-refractivity contribution in [3.05, 3.63) is 30.3 Å². The van der Waals surface area contributed by atoms with E-state index in [4.69, 9.17) is 0 Å². The molecule has 0 aliphatic heterocycles. The Morgan fingerprint density at radius 2 is 1.80 bits per heavy atom. The Bertz CT molecular complexity index is 373. The normalized spacial score (nSPS) is 14.1. The van der Waals surface area contributed by atoms with Gasteiger partial charge in [0.1, 0.15) is 4.75 Å². The average Bonchev–Trinajstić information content (AvgIpc) is 2.18. The number of amides is 1. The molecule has 1 aromatic rings. The number of anilines is 1. The molecule has 3 nitrogen and oxygen atoms in total. The monoisotopic (exact) mass is 223 g/mol. The van der Waals surface area contributed by atoms with Crippen LogP contribution in [-0.4, -0.2) is 16.4 Å². The largest absolute Gasteiger partial charge is 0.325 e. The molecular weight excluding hydrogens is 210 g/mol. The van der Waals surface area contributed by atoms with E-state index in [1.165, 1.54) is 13.8 Å². The van der Waals surface area contributed by atoms with Crippen LogP contribution in [0.15, 0.2) is 30.3 Å². The molecule has 80 valence electrons. The number of hydrogen-bond donors (Lipinski definition) is 2. The molecule has 0 fully saturated rings. The third-order valence-corrected chi connectivity index (χ3v) is 2.68. The molecule has 1 amide bonds. The van der Waals surface area contributed by atoms with E-state index in [1.807, 2.05) is 6.07 Å². The van der Waals surface area contributed by atoms with Crippen molar-refractivity contribution in [2.24, 2.45) is 0 Å². The number of carbonyl (C=O) groups excluding carboxylic acids is 2. The highest BCUT2D eigenvalue weighted by atomic mass is 32.1. The average molecular weight is 223 g/mol. The van der Waals surface area contributed by atoms with E-state index in [0.29, 0.717) is 5.69 Å². The van der Waals surface area contributed by atoms with E-state index >= 15 is 0 Å². The van der Waals surface area contributed by atoms with Gasteiger partial charge < -0.3 is 5.32 Å². The Morgan fingerprint density at radius 1 is 1.27 bits per heavy atom. The zero-order chi connectivity index (χ0) is 11.5. The van der Waals surface area contributed by atoms with Crippen molar-refractivity contribution in [3.63, 3.8) is 0 Å². The summed E-state index contributed by atoms with van der Waals surface area (Å²) in [6.07, 6.45) is 0. The predicted octanol–water partition coefficient (Wildman–Crippen LogP) is 1.90. The molecule has 1 aromatic carbocycles. The fourth-order valence-electron chi connectivity index (χ4n) is 0.934. The maximum Gasteiger partial charge on any atom is 0.247 e. The molecule has 0 bridgehead atoms.